The van der Waals surface area contributed by atoms with Crippen molar-refractivity contribution in [1.29, 1.82) is 0 Å². The number of hydrogen-bond acceptors (Lipinski definition) is 1. The minimum atomic E-state index is -2.42. The van der Waals surface area contributed by atoms with E-state index in [2.05, 4.69) is 0 Å². The first kappa shape index (κ1) is 6.14. The first-order valence-corrected chi connectivity index (χ1v) is 3.91. The van der Waals surface area contributed by atoms with E-state index in [1.165, 1.54) is 0 Å². The molecule has 1 N–H and O–H groups in total. The molecule has 0 aromatic heterocycles. The van der Waals surface area contributed by atoms with Crippen LogP contribution >= 0.6 is 0 Å². The molecular formula is C3H9O2Si. The summed E-state index contributed by atoms with van der Waals surface area (Å²) < 4.78 is 0. The van der Waals surface area contributed by atoms with Crippen LogP contribution in [0.1, 0.15) is 13.3 Å². The lowest BCUT2D eigenvalue weighted by atomic mass is 10.6. The highest BCUT2D eigenvalue weighted by molar-refractivity contribution is 6.40. The van der Waals surface area contributed by atoms with Crippen molar-refractivity contribution in [2.45, 2.75) is 19.4 Å². The molecule has 37 valence electrons. The first-order valence-electron chi connectivity index (χ1n) is 2.11. The Morgan fingerprint density at radius 1 is 1.83 bits per heavy atom. The van der Waals surface area contributed by atoms with Crippen LogP contribution in [0.4, 0.5) is 0 Å². The molecular weight excluding hydrogens is 96.1 g/mol. The van der Waals surface area contributed by atoms with E-state index in [4.69, 9.17) is 4.80 Å². The van der Waals surface area contributed by atoms with Gasteiger partial charge in [0.2, 0.25) is 0 Å². The third-order valence-electron chi connectivity index (χ3n) is 0.536. The van der Waals surface area contributed by atoms with Gasteiger partial charge in [0, 0.05) is 0 Å². The summed E-state index contributed by atoms with van der Waals surface area (Å²) in [5.74, 6) is 0. The molecule has 1 radical (unpaired) electrons. The molecule has 1 unspecified atom stereocenters. The third kappa shape index (κ3) is 4.14. The average molecular weight is 105 g/mol. The van der Waals surface area contributed by atoms with Crippen molar-refractivity contribution in [2.75, 3.05) is 0 Å². The molecule has 0 fully saturated rings. The Balaban J connectivity index is 2.63. The molecule has 0 spiro atoms. The lowest BCUT2D eigenvalue weighted by Crippen LogP contribution is -2.05. The molecule has 2 nitrogen and oxygen atoms in total. The average Bonchev–Trinajstić information content (AvgIpc) is 1.35. The van der Waals surface area contributed by atoms with Gasteiger partial charge in [0.05, 0.1) is 0 Å². The van der Waals surface area contributed by atoms with Gasteiger partial charge >= 0.3 is 9.28 Å². The van der Waals surface area contributed by atoms with Crippen molar-refractivity contribution in [3.63, 3.8) is 0 Å². The Bertz CT molecular complexity index is 30.0. The number of rotatable bonds is 2. The van der Waals surface area contributed by atoms with E-state index in [0.717, 1.165) is 6.42 Å². The van der Waals surface area contributed by atoms with E-state index in [1.54, 1.807) is 0 Å². The molecule has 0 aliphatic rings. The predicted molar refractivity (Wildman–Crippen MR) is 25.2 cm³/mol. The summed E-state index contributed by atoms with van der Waals surface area (Å²) in [6.07, 6.45) is 0.830. The molecule has 0 saturated carbocycles. The topological polar surface area (TPSA) is 40.1 Å². The summed E-state index contributed by atoms with van der Waals surface area (Å²) in [7, 11) is -2.42. The van der Waals surface area contributed by atoms with Gasteiger partial charge < -0.3 is 4.80 Å². The van der Waals surface area contributed by atoms with Crippen LogP contribution in [0.15, 0.2) is 0 Å². The highest BCUT2D eigenvalue weighted by atomic mass is 28.3. The van der Waals surface area contributed by atoms with Gasteiger partial charge in [0.1, 0.15) is 0 Å². The summed E-state index contributed by atoms with van der Waals surface area (Å²) in [6.45, 7) is 1.90. The van der Waals surface area contributed by atoms with E-state index >= 15 is 0 Å². The van der Waals surface area contributed by atoms with Crippen LogP contribution in [0.3, 0.4) is 0 Å². The minimum Gasteiger partial charge on any atom is -0.411 e. The maximum absolute atomic E-state index is 9.82. The molecule has 0 aromatic carbocycles. The molecule has 0 rings (SSSR count). The molecule has 0 aliphatic carbocycles. The van der Waals surface area contributed by atoms with E-state index in [-0.39, 0.29) is 0 Å². The Morgan fingerprint density at radius 2 is 2.33 bits per heavy atom. The fraction of sp³-hybridized carbons (Fsp3) is 1.00. The van der Waals surface area contributed by atoms with Crippen LogP contribution < -0.4 is 0 Å². The summed E-state index contributed by atoms with van der Waals surface area (Å²) in [6, 6.07) is 0.514. The summed E-state index contributed by atoms with van der Waals surface area (Å²) in [5, 5.41) is 0. The molecule has 0 aliphatic heterocycles. The molecule has 0 saturated heterocycles. The lowest BCUT2D eigenvalue weighted by molar-refractivity contribution is 0.334. The normalized spacial score (nSPS) is 10.0. The van der Waals surface area contributed by atoms with Crippen LogP contribution in [0.2, 0.25) is 6.04 Å². The van der Waals surface area contributed by atoms with Gasteiger partial charge in [-0.15, -0.1) is 0 Å². The van der Waals surface area contributed by atoms with Crippen molar-refractivity contribution >= 4 is 9.28 Å². The van der Waals surface area contributed by atoms with E-state index < -0.39 is 9.28 Å². The Morgan fingerprint density at radius 3 is 2.33 bits per heavy atom. The molecule has 0 bridgehead atoms. The molecule has 0 amide bonds. The Hall–Kier alpha value is 0.137. The fourth-order valence-electron chi connectivity index (χ4n) is 0.247. The first-order chi connectivity index (χ1) is 2.77. The van der Waals surface area contributed by atoms with Gasteiger partial charge in [-0.3, -0.25) is 4.80 Å². The van der Waals surface area contributed by atoms with Gasteiger partial charge in [0.15, 0.2) is 0 Å². The third-order valence-corrected chi connectivity index (χ3v) is 1.61. The second-order valence-electron chi connectivity index (χ2n) is 1.24. The Labute approximate surface area is 39.3 Å². The summed E-state index contributed by atoms with van der Waals surface area (Å²) >= 11 is 0. The zero-order chi connectivity index (χ0) is 4.99. The molecule has 1 atom stereocenters. The quantitative estimate of drug-likeness (QED) is 0.495. The molecule has 0 aromatic rings. The van der Waals surface area contributed by atoms with Gasteiger partial charge in [0.25, 0.3) is 0 Å². The van der Waals surface area contributed by atoms with Crippen molar-refractivity contribution in [1.82, 2.24) is 0 Å². The van der Waals surface area contributed by atoms with Gasteiger partial charge in [-0.25, -0.2) is 0 Å². The predicted octanol–water partition coefficient (Wildman–Crippen LogP) is 0.0397. The zero-order valence-electron chi connectivity index (χ0n) is 3.85. The summed E-state index contributed by atoms with van der Waals surface area (Å²) in [4.78, 5) is 18.0. The van der Waals surface area contributed by atoms with E-state index in [1.807, 2.05) is 6.92 Å². The van der Waals surface area contributed by atoms with Crippen LogP contribution in [0.25, 0.3) is 0 Å². The van der Waals surface area contributed by atoms with Crippen molar-refractivity contribution in [2.24, 2.45) is 0 Å². The van der Waals surface area contributed by atoms with E-state index in [9.17, 15) is 4.80 Å². The molecule has 6 heavy (non-hydrogen) atoms. The van der Waals surface area contributed by atoms with Gasteiger partial charge in [-0.05, 0) is 6.04 Å². The van der Waals surface area contributed by atoms with Crippen molar-refractivity contribution < 1.29 is 9.59 Å². The van der Waals surface area contributed by atoms with Crippen LogP contribution in [-0.4, -0.2) is 14.1 Å². The monoisotopic (exact) mass is 105 g/mol. The van der Waals surface area contributed by atoms with Crippen LogP contribution in [0, 0.1) is 0 Å². The van der Waals surface area contributed by atoms with Crippen LogP contribution in [0.5, 0.6) is 0 Å². The van der Waals surface area contributed by atoms with Gasteiger partial charge in [-0.1, -0.05) is 13.3 Å². The number of hydrogen-bond donors (Lipinski definition) is 1. The van der Waals surface area contributed by atoms with Gasteiger partial charge in [-0.2, -0.15) is 0 Å². The van der Waals surface area contributed by atoms with Crippen molar-refractivity contribution in [3.05, 3.63) is 0 Å². The second kappa shape index (κ2) is 3.33. The highest BCUT2D eigenvalue weighted by Crippen LogP contribution is 1.87. The lowest BCUT2D eigenvalue weighted by Gasteiger charge is -1.87. The largest absolute Gasteiger partial charge is 0.411 e. The van der Waals surface area contributed by atoms with Crippen LogP contribution in [-0.2, 0) is 4.80 Å². The summed E-state index contributed by atoms with van der Waals surface area (Å²) in [5.41, 5.74) is 0. The zero-order valence-corrected chi connectivity index (χ0v) is 5.00. The standard InChI is InChI=1S/C3H9O2Si/c1-2-3-6(4)5/h4,6H,2-3H2,1H3. The molecule has 0 heterocycles. The minimum absolute atomic E-state index is 0.514. The maximum Gasteiger partial charge on any atom is 0.355 e. The Kier molecular flexibility index (Phi) is 3.41. The molecule has 3 heteroatoms. The SMILES string of the molecule is CCC[SiH]([O])O. The van der Waals surface area contributed by atoms with E-state index in [0.29, 0.717) is 6.04 Å². The fourth-order valence-corrected chi connectivity index (χ4v) is 0.741. The highest BCUT2D eigenvalue weighted by Gasteiger charge is 1.97. The second-order valence-corrected chi connectivity index (χ2v) is 2.73. The smallest absolute Gasteiger partial charge is 0.355 e. The maximum atomic E-state index is 9.82. The van der Waals surface area contributed by atoms with Crippen molar-refractivity contribution in [3.8, 4) is 0 Å².